The maximum atomic E-state index is 12.0. The van der Waals surface area contributed by atoms with Crippen molar-refractivity contribution in [2.24, 2.45) is 0 Å². The molecular weight excluding hydrogens is 238 g/mol. The van der Waals surface area contributed by atoms with Gasteiger partial charge in [0.25, 0.3) is 5.56 Å². The molecule has 1 N–H and O–H groups in total. The highest BCUT2D eigenvalue weighted by Gasteiger charge is 2.11. The number of nitrogens with zero attached hydrogens (tertiary/aromatic N) is 2. The van der Waals surface area contributed by atoms with Gasteiger partial charge in [-0.3, -0.25) is 9.89 Å². The highest BCUT2D eigenvalue weighted by molar-refractivity contribution is 5.40. The van der Waals surface area contributed by atoms with E-state index in [2.05, 4.69) is 30.9 Å². The van der Waals surface area contributed by atoms with E-state index in [4.69, 9.17) is 0 Å². The van der Waals surface area contributed by atoms with Crippen molar-refractivity contribution in [3.05, 3.63) is 33.9 Å². The molecule has 1 unspecified atom stereocenters. The van der Waals surface area contributed by atoms with Crippen LogP contribution in [-0.4, -0.2) is 14.6 Å². The molecule has 2 aromatic heterocycles. The zero-order valence-electron chi connectivity index (χ0n) is 12.1. The number of hydrogen-bond acceptors (Lipinski definition) is 2. The second kappa shape index (κ2) is 6.04. The van der Waals surface area contributed by atoms with Crippen LogP contribution >= 0.6 is 0 Å². The van der Waals surface area contributed by atoms with Crippen LogP contribution in [0.5, 0.6) is 0 Å². The van der Waals surface area contributed by atoms with E-state index >= 15 is 0 Å². The van der Waals surface area contributed by atoms with Gasteiger partial charge in [-0.1, -0.05) is 40.0 Å². The number of nitrogens with one attached hydrogen (secondary N) is 1. The number of aryl methyl sites for hydroxylation is 1. The van der Waals surface area contributed by atoms with E-state index < -0.39 is 0 Å². The normalized spacial score (nSPS) is 13.0. The Morgan fingerprint density at radius 3 is 2.79 bits per heavy atom. The van der Waals surface area contributed by atoms with Crippen LogP contribution in [0.2, 0.25) is 0 Å². The first-order valence-electron chi connectivity index (χ1n) is 7.27. The minimum absolute atomic E-state index is 0.0117. The van der Waals surface area contributed by atoms with Crippen molar-refractivity contribution in [1.82, 2.24) is 14.6 Å². The Labute approximate surface area is 113 Å². The maximum Gasteiger partial charge on any atom is 0.271 e. The molecule has 0 aliphatic carbocycles. The van der Waals surface area contributed by atoms with E-state index in [0.717, 1.165) is 36.3 Å². The van der Waals surface area contributed by atoms with Gasteiger partial charge in [0.2, 0.25) is 0 Å². The molecule has 4 nitrogen and oxygen atoms in total. The summed E-state index contributed by atoms with van der Waals surface area (Å²) in [5.41, 5.74) is 1.81. The topological polar surface area (TPSA) is 50.2 Å². The molecule has 2 aromatic rings. The molecule has 4 heteroatoms. The van der Waals surface area contributed by atoms with Gasteiger partial charge >= 0.3 is 0 Å². The lowest BCUT2D eigenvalue weighted by Crippen LogP contribution is -2.14. The first-order chi connectivity index (χ1) is 9.15. The van der Waals surface area contributed by atoms with Crippen LogP contribution in [0, 0.1) is 0 Å². The number of H-pyrrole nitrogens is 1. The van der Waals surface area contributed by atoms with Gasteiger partial charge in [-0.25, -0.2) is 9.50 Å². The molecule has 0 saturated heterocycles. The van der Waals surface area contributed by atoms with Crippen molar-refractivity contribution in [1.29, 1.82) is 0 Å². The molecule has 0 saturated carbocycles. The van der Waals surface area contributed by atoms with Crippen molar-refractivity contribution in [2.75, 3.05) is 0 Å². The van der Waals surface area contributed by atoms with E-state index in [1.807, 2.05) is 6.07 Å². The van der Waals surface area contributed by atoms with Crippen molar-refractivity contribution in [2.45, 2.75) is 58.8 Å². The first-order valence-corrected chi connectivity index (χ1v) is 7.27. The molecule has 19 heavy (non-hydrogen) atoms. The van der Waals surface area contributed by atoms with Gasteiger partial charge in [-0.2, -0.15) is 0 Å². The van der Waals surface area contributed by atoms with E-state index in [1.54, 1.807) is 10.6 Å². The monoisotopic (exact) mass is 261 g/mol. The predicted octanol–water partition coefficient (Wildman–Crippen LogP) is 3.27. The summed E-state index contributed by atoms with van der Waals surface area (Å²) in [6.45, 7) is 6.46. The molecule has 0 aliphatic heterocycles. The zero-order chi connectivity index (χ0) is 13.8. The van der Waals surface area contributed by atoms with Crippen LogP contribution in [0.15, 0.2) is 16.9 Å². The number of aromatic nitrogens is 3. The molecular formula is C15H23N3O. The third-order valence-corrected chi connectivity index (χ3v) is 3.53. The lowest BCUT2D eigenvalue weighted by molar-refractivity contribution is 0.594. The largest absolute Gasteiger partial charge is 0.276 e. The van der Waals surface area contributed by atoms with Crippen molar-refractivity contribution < 1.29 is 0 Å². The van der Waals surface area contributed by atoms with E-state index in [0.29, 0.717) is 5.92 Å². The Morgan fingerprint density at radius 1 is 1.32 bits per heavy atom. The number of fused-ring (bicyclic) bond motifs is 1. The molecule has 0 fully saturated rings. The number of unbranched alkanes of at least 4 members (excludes halogenated alkanes) is 1. The smallest absolute Gasteiger partial charge is 0.271 e. The molecule has 2 heterocycles. The summed E-state index contributed by atoms with van der Waals surface area (Å²) in [5.74, 6) is 1.29. The summed E-state index contributed by atoms with van der Waals surface area (Å²) in [7, 11) is 0. The number of pyridine rings is 1. The summed E-state index contributed by atoms with van der Waals surface area (Å²) < 4.78 is 1.55. The fraction of sp³-hybridized carbons (Fsp3) is 0.600. The Balaban J connectivity index is 2.34. The maximum absolute atomic E-state index is 12.0. The van der Waals surface area contributed by atoms with Crippen LogP contribution in [0.25, 0.3) is 5.65 Å². The summed E-state index contributed by atoms with van der Waals surface area (Å²) in [6.07, 6.45) is 5.45. The molecule has 1 atom stereocenters. The summed E-state index contributed by atoms with van der Waals surface area (Å²) in [5, 5.41) is 3.13. The van der Waals surface area contributed by atoms with Crippen LogP contribution in [0.4, 0.5) is 0 Å². The van der Waals surface area contributed by atoms with Crippen LogP contribution in [-0.2, 0) is 6.42 Å². The summed E-state index contributed by atoms with van der Waals surface area (Å²) in [4.78, 5) is 16.6. The molecule has 0 aromatic carbocycles. The predicted molar refractivity (Wildman–Crippen MR) is 77.7 cm³/mol. The van der Waals surface area contributed by atoms with Gasteiger partial charge < -0.3 is 0 Å². The summed E-state index contributed by atoms with van der Waals surface area (Å²) in [6, 6.07) is 3.71. The van der Waals surface area contributed by atoms with Gasteiger partial charge in [0.1, 0.15) is 5.82 Å². The lowest BCUT2D eigenvalue weighted by atomic mass is 10.0. The Bertz CT molecular complexity index is 597. The van der Waals surface area contributed by atoms with Gasteiger partial charge in [0.15, 0.2) is 5.65 Å². The van der Waals surface area contributed by atoms with Gasteiger partial charge in [-0.15, -0.1) is 0 Å². The van der Waals surface area contributed by atoms with E-state index in [9.17, 15) is 4.79 Å². The highest BCUT2D eigenvalue weighted by Crippen LogP contribution is 2.18. The molecule has 2 rings (SSSR count). The average molecular weight is 261 g/mol. The zero-order valence-corrected chi connectivity index (χ0v) is 12.1. The third kappa shape index (κ3) is 3.06. The van der Waals surface area contributed by atoms with Crippen LogP contribution < -0.4 is 5.56 Å². The minimum Gasteiger partial charge on any atom is -0.276 e. The second-order valence-electron chi connectivity index (χ2n) is 5.30. The first kappa shape index (κ1) is 13.8. The average Bonchev–Trinajstić information content (AvgIpc) is 2.81. The van der Waals surface area contributed by atoms with Crippen molar-refractivity contribution >= 4 is 5.65 Å². The van der Waals surface area contributed by atoms with E-state index in [1.165, 1.54) is 12.8 Å². The van der Waals surface area contributed by atoms with Gasteiger partial charge in [0, 0.05) is 12.0 Å². The summed E-state index contributed by atoms with van der Waals surface area (Å²) >= 11 is 0. The Morgan fingerprint density at radius 2 is 2.11 bits per heavy atom. The van der Waals surface area contributed by atoms with Crippen LogP contribution in [0.3, 0.4) is 0 Å². The third-order valence-electron chi connectivity index (χ3n) is 3.53. The number of hydrogen-bond donors (Lipinski definition) is 1. The fourth-order valence-electron chi connectivity index (χ4n) is 2.37. The molecule has 0 spiro atoms. The van der Waals surface area contributed by atoms with E-state index in [-0.39, 0.29) is 5.56 Å². The molecule has 0 aliphatic rings. The molecule has 0 radical (unpaired) electrons. The standard InChI is InChI=1S/C15H23N3O/c1-4-6-8-11(3)15-16-13-9-12(7-5-2)10-14(19)18(13)17-15/h9-11H,4-8H2,1-3H3,(H,16,17). The van der Waals surface area contributed by atoms with Crippen molar-refractivity contribution in [3.63, 3.8) is 0 Å². The number of aromatic amines is 1. The Hall–Kier alpha value is -1.58. The minimum atomic E-state index is -0.0117. The Kier molecular flexibility index (Phi) is 4.40. The van der Waals surface area contributed by atoms with Gasteiger partial charge in [0.05, 0.1) is 0 Å². The molecule has 0 amide bonds. The SMILES string of the molecule is CCCCC(C)c1nc2cc(CCC)cc(=O)n2[nH]1. The molecule has 0 bridgehead atoms. The van der Waals surface area contributed by atoms with Gasteiger partial charge in [-0.05, 0) is 24.5 Å². The lowest BCUT2D eigenvalue weighted by Gasteiger charge is -2.05. The number of rotatable bonds is 6. The molecule has 104 valence electrons. The van der Waals surface area contributed by atoms with Crippen LogP contribution in [0.1, 0.15) is 63.8 Å². The highest BCUT2D eigenvalue weighted by atomic mass is 16.1. The quantitative estimate of drug-likeness (QED) is 0.867. The second-order valence-corrected chi connectivity index (χ2v) is 5.30. The fourth-order valence-corrected chi connectivity index (χ4v) is 2.37. The van der Waals surface area contributed by atoms with Crippen molar-refractivity contribution in [3.8, 4) is 0 Å².